The van der Waals surface area contributed by atoms with E-state index in [-0.39, 0.29) is 5.54 Å². The van der Waals surface area contributed by atoms with E-state index in [4.69, 9.17) is 11.6 Å². The standard InChI is InChI=1S/C14H21ClN2/c1-11-4-5-12(10-13(11)15)14(16-2)6-8-17(3)9-7-14/h4-5,10,16H,6-9H2,1-3H3. The summed E-state index contributed by atoms with van der Waals surface area (Å²) in [6, 6.07) is 6.46. The van der Waals surface area contributed by atoms with Crippen molar-refractivity contribution in [3.8, 4) is 0 Å². The van der Waals surface area contributed by atoms with Crippen LogP contribution in [-0.4, -0.2) is 32.1 Å². The van der Waals surface area contributed by atoms with Crippen LogP contribution in [0.15, 0.2) is 18.2 Å². The quantitative estimate of drug-likeness (QED) is 0.871. The molecule has 94 valence electrons. The minimum absolute atomic E-state index is 0.101. The van der Waals surface area contributed by atoms with Crippen molar-refractivity contribution >= 4 is 11.6 Å². The summed E-state index contributed by atoms with van der Waals surface area (Å²) in [5.74, 6) is 0. The van der Waals surface area contributed by atoms with E-state index in [0.29, 0.717) is 0 Å². The van der Waals surface area contributed by atoms with Crippen molar-refractivity contribution < 1.29 is 0 Å². The molecular weight excluding hydrogens is 232 g/mol. The van der Waals surface area contributed by atoms with Gasteiger partial charge < -0.3 is 10.2 Å². The van der Waals surface area contributed by atoms with Gasteiger partial charge in [-0.3, -0.25) is 0 Å². The molecule has 17 heavy (non-hydrogen) atoms. The zero-order valence-corrected chi connectivity index (χ0v) is 11.6. The van der Waals surface area contributed by atoms with Gasteiger partial charge in [0.25, 0.3) is 0 Å². The normalized spacial score (nSPS) is 20.5. The molecule has 1 aliphatic rings. The van der Waals surface area contributed by atoms with Crippen LogP contribution in [0.2, 0.25) is 5.02 Å². The maximum atomic E-state index is 6.24. The first kappa shape index (κ1) is 12.9. The summed E-state index contributed by atoms with van der Waals surface area (Å²) < 4.78 is 0. The first-order valence-corrected chi connectivity index (χ1v) is 6.59. The molecule has 1 aromatic carbocycles. The van der Waals surface area contributed by atoms with E-state index >= 15 is 0 Å². The molecule has 0 amide bonds. The van der Waals surface area contributed by atoms with Crippen LogP contribution in [0.4, 0.5) is 0 Å². The molecule has 2 nitrogen and oxygen atoms in total. The third-order valence-corrected chi connectivity index (χ3v) is 4.45. The smallest absolute Gasteiger partial charge is 0.0457 e. The lowest BCUT2D eigenvalue weighted by Gasteiger charge is -2.41. The third-order valence-electron chi connectivity index (χ3n) is 4.04. The van der Waals surface area contributed by atoms with Crippen molar-refractivity contribution in [2.24, 2.45) is 0 Å². The number of hydrogen-bond donors (Lipinski definition) is 1. The van der Waals surface area contributed by atoms with Crippen molar-refractivity contribution in [2.75, 3.05) is 27.2 Å². The van der Waals surface area contributed by atoms with Crippen LogP contribution >= 0.6 is 11.6 Å². The number of piperidine rings is 1. The predicted octanol–water partition coefficient (Wildman–Crippen LogP) is 2.79. The van der Waals surface area contributed by atoms with E-state index in [2.05, 4.69) is 42.5 Å². The van der Waals surface area contributed by atoms with Crippen molar-refractivity contribution in [1.29, 1.82) is 0 Å². The topological polar surface area (TPSA) is 15.3 Å². The molecule has 3 heteroatoms. The summed E-state index contributed by atoms with van der Waals surface area (Å²) in [6.07, 6.45) is 2.28. The Morgan fingerprint density at radius 2 is 1.94 bits per heavy atom. The van der Waals surface area contributed by atoms with Crippen LogP contribution in [0.5, 0.6) is 0 Å². The van der Waals surface area contributed by atoms with Crippen molar-refractivity contribution in [1.82, 2.24) is 10.2 Å². The van der Waals surface area contributed by atoms with Gasteiger partial charge in [0.1, 0.15) is 0 Å². The fourth-order valence-electron chi connectivity index (χ4n) is 2.57. The Hall–Kier alpha value is -0.570. The summed E-state index contributed by atoms with van der Waals surface area (Å²) in [5, 5.41) is 4.39. The van der Waals surface area contributed by atoms with Crippen molar-refractivity contribution in [3.05, 3.63) is 34.3 Å². The SMILES string of the molecule is CNC1(c2ccc(C)c(Cl)c2)CCN(C)CC1. The largest absolute Gasteiger partial charge is 0.310 e. The molecule has 0 saturated carbocycles. The van der Waals surface area contributed by atoms with Crippen LogP contribution in [0.1, 0.15) is 24.0 Å². The van der Waals surface area contributed by atoms with Crippen molar-refractivity contribution in [2.45, 2.75) is 25.3 Å². The number of nitrogens with one attached hydrogen (secondary N) is 1. The summed E-state index contributed by atoms with van der Waals surface area (Å²) in [5.41, 5.74) is 2.57. The number of halogens is 1. The average molecular weight is 253 g/mol. The zero-order valence-electron chi connectivity index (χ0n) is 10.9. The summed E-state index contributed by atoms with van der Waals surface area (Å²) in [4.78, 5) is 2.38. The fourth-order valence-corrected chi connectivity index (χ4v) is 2.75. The molecule has 1 heterocycles. The number of aryl methyl sites for hydroxylation is 1. The second-order valence-electron chi connectivity index (χ2n) is 5.10. The van der Waals surface area contributed by atoms with Gasteiger partial charge in [0.15, 0.2) is 0 Å². The van der Waals surface area contributed by atoms with Gasteiger partial charge in [-0.05, 0) is 64.1 Å². The Kier molecular flexibility index (Phi) is 3.76. The lowest BCUT2D eigenvalue weighted by atomic mass is 9.81. The lowest BCUT2D eigenvalue weighted by Crippen LogP contribution is -2.48. The van der Waals surface area contributed by atoms with E-state index in [1.165, 1.54) is 5.56 Å². The second-order valence-corrected chi connectivity index (χ2v) is 5.51. The highest BCUT2D eigenvalue weighted by molar-refractivity contribution is 6.31. The van der Waals surface area contributed by atoms with E-state index in [0.717, 1.165) is 36.5 Å². The van der Waals surface area contributed by atoms with E-state index < -0.39 is 0 Å². The number of rotatable bonds is 2. The highest BCUT2D eigenvalue weighted by atomic mass is 35.5. The van der Waals surface area contributed by atoms with Gasteiger partial charge in [0, 0.05) is 10.6 Å². The molecule has 1 saturated heterocycles. The monoisotopic (exact) mass is 252 g/mol. The highest BCUT2D eigenvalue weighted by Gasteiger charge is 2.33. The molecule has 0 atom stereocenters. The Morgan fingerprint density at radius 1 is 1.29 bits per heavy atom. The Bertz CT molecular complexity index is 395. The van der Waals surface area contributed by atoms with Crippen LogP contribution in [0.3, 0.4) is 0 Å². The van der Waals surface area contributed by atoms with Gasteiger partial charge in [-0.2, -0.15) is 0 Å². The molecule has 1 N–H and O–H groups in total. The first-order chi connectivity index (χ1) is 8.07. The molecule has 0 aliphatic carbocycles. The fraction of sp³-hybridized carbons (Fsp3) is 0.571. The molecule has 0 bridgehead atoms. The van der Waals surface area contributed by atoms with Crippen LogP contribution in [-0.2, 0) is 5.54 Å². The minimum Gasteiger partial charge on any atom is -0.310 e. The Labute approximate surface area is 109 Å². The molecule has 0 spiro atoms. The number of benzene rings is 1. The van der Waals surface area contributed by atoms with E-state index in [1.807, 2.05) is 6.92 Å². The Balaban J connectivity index is 2.31. The van der Waals surface area contributed by atoms with Crippen LogP contribution in [0, 0.1) is 6.92 Å². The molecule has 1 aromatic rings. The van der Waals surface area contributed by atoms with Crippen molar-refractivity contribution in [3.63, 3.8) is 0 Å². The first-order valence-electron chi connectivity index (χ1n) is 6.21. The number of nitrogens with zero attached hydrogens (tertiary/aromatic N) is 1. The highest BCUT2D eigenvalue weighted by Crippen LogP contribution is 2.34. The van der Waals surface area contributed by atoms with E-state index in [9.17, 15) is 0 Å². The summed E-state index contributed by atoms with van der Waals surface area (Å²) in [6.45, 7) is 4.31. The number of likely N-dealkylation sites (tertiary alicyclic amines) is 1. The molecular formula is C14H21ClN2. The summed E-state index contributed by atoms with van der Waals surface area (Å²) >= 11 is 6.24. The molecule has 1 fully saturated rings. The van der Waals surface area contributed by atoms with Gasteiger partial charge in [-0.25, -0.2) is 0 Å². The summed E-state index contributed by atoms with van der Waals surface area (Å²) in [7, 11) is 4.24. The second kappa shape index (κ2) is 4.97. The van der Waals surface area contributed by atoms with Crippen LogP contribution < -0.4 is 5.32 Å². The molecule has 2 rings (SSSR count). The zero-order chi connectivity index (χ0) is 12.5. The minimum atomic E-state index is 0.101. The third kappa shape index (κ3) is 2.49. The van der Waals surface area contributed by atoms with Gasteiger partial charge in [0.05, 0.1) is 0 Å². The molecule has 0 aromatic heterocycles. The van der Waals surface area contributed by atoms with Gasteiger partial charge in [0.2, 0.25) is 0 Å². The maximum absolute atomic E-state index is 6.24. The van der Waals surface area contributed by atoms with Crippen LogP contribution in [0.25, 0.3) is 0 Å². The molecule has 0 radical (unpaired) electrons. The molecule has 1 aliphatic heterocycles. The number of hydrogen-bond acceptors (Lipinski definition) is 2. The maximum Gasteiger partial charge on any atom is 0.0457 e. The van der Waals surface area contributed by atoms with Gasteiger partial charge in [-0.15, -0.1) is 0 Å². The average Bonchev–Trinajstić information content (AvgIpc) is 2.34. The predicted molar refractivity (Wildman–Crippen MR) is 73.7 cm³/mol. The van der Waals surface area contributed by atoms with Gasteiger partial charge >= 0.3 is 0 Å². The molecule has 0 unspecified atom stereocenters. The lowest BCUT2D eigenvalue weighted by molar-refractivity contribution is 0.164. The Morgan fingerprint density at radius 3 is 2.47 bits per heavy atom. The van der Waals surface area contributed by atoms with E-state index in [1.54, 1.807) is 0 Å². The van der Waals surface area contributed by atoms with Gasteiger partial charge in [-0.1, -0.05) is 23.7 Å².